The van der Waals surface area contributed by atoms with Gasteiger partial charge in [0, 0.05) is 24.6 Å². The van der Waals surface area contributed by atoms with Crippen LogP contribution in [-0.4, -0.2) is 74.1 Å². The van der Waals surface area contributed by atoms with Gasteiger partial charge in [-0.1, -0.05) is 23.9 Å². The van der Waals surface area contributed by atoms with Crippen molar-refractivity contribution in [3.8, 4) is 0 Å². The Morgan fingerprint density at radius 1 is 1.47 bits per heavy atom. The fourth-order valence-corrected chi connectivity index (χ4v) is 6.75. The lowest BCUT2D eigenvalue weighted by Crippen LogP contribution is -2.70. The van der Waals surface area contributed by atoms with Gasteiger partial charge in [0.15, 0.2) is 0 Å². The number of carbonyl (C=O) groups excluding carboxylic acids is 1. The molecule has 0 radical (unpaired) electrons. The number of para-hydroxylation sites is 1. The minimum atomic E-state index is -2.03. The SMILES string of the molecule is Cn1nnnc1SCC1=C(C(=O)O)N2C(=O)[C@@H](NS(=O)c3ccccc3[N+](=O)[O-])[C@@H]2SC1. The average molecular weight is 498 g/mol. The first-order chi connectivity index (χ1) is 15.3. The van der Waals surface area contributed by atoms with Crippen molar-refractivity contribution in [2.45, 2.75) is 21.5 Å². The minimum Gasteiger partial charge on any atom is -0.477 e. The summed E-state index contributed by atoms with van der Waals surface area (Å²) in [7, 11) is -0.373. The summed E-state index contributed by atoms with van der Waals surface area (Å²) >= 11 is 2.57. The first-order valence-corrected chi connectivity index (χ1v) is 12.1. The summed E-state index contributed by atoms with van der Waals surface area (Å²) in [6.45, 7) is 0. The van der Waals surface area contributed by atoms with E-state index < -0.39 is 39.2 Å². The molecule has 1 aromatic carbocycles. The molecule has 2 aliphatic heterocycles. The zero-order valence-electron chi connectivity index (χ0n) is 16.3. The van der Waals surface area contributed by atoms with Crippen molar-refractivity contribution >= 4 is 52.1 Å². The molecule has 16 heteroatoms. The van der Waals surface area contributed by atoms with Gasteiger partial charge in [-0.15, -0.1) is 16.9 Å². The van der Waals surface area contributed by atoms with E-state index in [2.05, 4.69) is 20.2 Å². The number of nitro groups is 1. The summed E-state index contributed by atoms with van der Waals surface area (Å²) in [5.41, 5.74) is 0.0937. The Kier molecular flexibility index (Phi) is 6.27. The van der Waals surface area contributed by atoms with Crippen LogP contribution in [0.25, 0.3) is 0 Å². The number of rotatable bonds is 8. The van der Waals surface area contributed by atoms with Crippen LogP contribution in [0.4, 0.5) is 5.69 Å². The first kappa shape index (κ1) is 22.4. The average Bonchev–Trinajstić information content (AvgIpc) is 3.19. The Labute approximate surface area is 191 Å². The lowest BCUT2D eigenvalue weighted by molar-refractivity contribution is -0.387. The van der Waals surface area contributed by atoms with E-state index in [1.165, 1.54) is 52.5 Å². The van der Waals surface area contributed by atoms with E-state index in [0.717, 1.165) is 4.90 Å². The molecule has 0 bridgehead atoms. The first-order valence-electron chi connectivity index (χ1n) is 8.96. The number of carboxylic acids is 1. The number of carbonyl (C=O) groups is 2. The van der Waals surface area contributed by atoms with Crippen LogP contribution in [0.15, 0.2) is 45.6 Å². The summed E-state index contributed by atoms with van der Waals surface area (Å²) in [6, 6.07) is 4.59. The topological polar surface area (TPSA) is 173 Å². The van der Waals surface area contributed by atoms with Crippen molar-refractivity contribution in [2.75, 3.05) is 11.5 Å². The number of carboxylic acid groups (broad SMARTS) is 1. The van der Waals surface area contributed by atoms with Crippen molar-refractivity contribution in [3.05, 3.63) is 45.6 Å². The van der Waals surface area contributed by atoms with Crippen LogP contribution in [-0.2, 0) is 27.6 Å². The number of fused-ring (bicyclic) bond motifs is 1. The third-order valence-electron chi connectivity index (χ3n) is 4.70. The Hall–Kier alpha value is -2.82. The maximum absolute atomic E-state index is 12.8. The number of amides is 1. The molecule has 2 N–H and O–H groups in total. The fraction of sp³-hybridized carbons (Fsp3) is 0.312. The molecule has 168 valence electrons. The molecule has 0 aliphatic carbocycles. The minimum absolute atomic E-state index is 0.0621. The molecular weight excluding hydrogens is 482 g/mol. The van der Waals surface area contributed by atoms with E-state index in [9.17, 15) is 29.0 Å². The second kappa shape index (κ2) is 8.97. The lowest BCUT2D eigenvalue weighted by atomic mass is 10.0. The van der Waals surface area contributed by atoms with Gasteiger partial charge in [0.25, 0.3) is 5.69 Å². The number of aromatic nitrogens is 4. The number of β-lactam (4-membered cyclic amide) rings is 1. The number of benzene rings is 1. The Morgan fingerprint density at radius 2 is 2.22 bits per heavy atom. The van der Waals surface area contributed by atoms with E-state index >= 15 is 0 Å². The summed E-state index contributed by atoms with van der Waals surface area (Å²) in [4.78, 5) is 36.3. The number of nitro benzene ring substituents is 1. The number of hydrogen-bond donors (Lipinski definition) is 2. The third-order valence-corrected chi connectivity index (χ3v) is 8.35. The third kappa shape index (κ3) is 4.01. The fourth-order valence-electron chi connectivity index (χ4n) is 3.21. The van der Waals surface area contributed by atoms with Crippen LogP contribution in [0.5, 0.6) is 0 Å². The quantitative estimate of drug-likeness (QED) is 0.220. The monoisotopic (exact) mass is 497 g/mol. The van der Waals surface area contributed by atoms with Gasteiger partial charge in [0.2, 0.25) is 11.1 Å². The number of tetrazole rings is 1. The Bertz CT molecular complexity index is 1170. The molecule has 13 nitrogen and oxygen atoms in total. The number of hydrogen-bond acceptors (Lipinski definition) is 10. The maximum Gasteiger partial charge on any atom is 0.352 e. The van der Waals surface area contributed by atoms with E-state index in [0.29, 0.717) is 16.5 Å². The van der Waals surface area contributed by atoms with Gasteiger partial charge >= 0.3 is 5.97 Å². The summed E-state index contributed by atoms with van der Waals surface area (Å²) in [6.07, 6.45) is 0. The predicted octanol–water partition coefficient (Wildman–Crippen LogP) is 0.145. The maximum atomic E-state index is 12.8. The molecule has 2 aromatic rings. The normalized spacial score (nSPS) is 21.2. The molecule has 4 rings (SSSR count). The number of aliphatic carboxylic acids is 1. The van der Waals surface area contributed by atoms with Crippen molar-refractivity contribution in [2.24, 2.45) is 7.05 Å². The van der Waals surface area contributed by atoms with E-state index in [4.69, 9.17) is 0 Å². The molecule has 3 heterocycles. The van der Waals surface area contributed by atoms with Crippen molar-refractivity contribution in [1.29, 1.82) is 0 Å². The van der Waals surface area contributed by atoms with Crippen molar-refractivity contribution in [1.82, 2.24) is 29.8 Å². The number of thioether (sulfide) groups is 2. The van der Waals surface area contributed by atoms with Crippen LogP contribution in [0.2, 0.25) is 0 Å². The Balaban J connectivity index is 1.51. The molecule has 1 saturated heterocycles. The summed E-state index contributed by atoms with van der Waals surface area (Å²) < 4.78 is 16.8. The van der Waals surface area contributed by atoms with Gasteiger partial charge in [-0.2, -0.15) is 0 Å². The van der Waals surface area contributed by atoms with Crippen LogP contribution >= 0.6 is 23.5 Å². The van der Waals surface area contributed by atoms with Gasteiger partial charge in [-0.05, 0) is 22.1 Å². The zero-order chi connectivity index (χ0) is 23.0. The standard InChI is InChI=1S/C16H15N7O6S3/c1-21-16(17-19-20-21)31-7-8-6-30-14-11(13(24)22(14)12(8)15(25)26)18-32(29)10-5-3-2-4-9(10)23(27)28/h2-5,11,14,18H,6-7H2,1H3,(H,25,26)/t11-,14+,32?/m1/s1. The molecule has 32 heavy (non-hydrogen) atoms. The zero-order valence-corrected chi connectivity index (χ0v) is 18.7. The van der Waals surface area contributed by atoms with E-state index in [1.807, 2.05) is 0 Å². The van der Waals surface area contributed by atoms with Crippen LogP contribution in [0.1, 0.15) is 0 Å². The van der Waals surface area contributed by atoms with Crippen molar-refractivity contribution < 1.29 is 23.8 Å². The van der Waals surface area contributed by atoms with Gasteiger partial charge in [0.05, 0.1) is 4.92 Å². The van der Waals surface area contributed by atoms with Crippen molar-refractivity contribution in [3.63, 3.8) is 0 Å². The highest BCUT2D eigenvalue weighted by Gasteiger charge is 2.54. The molecule has 1 aromatic heterocycles. The molecule has 1 amide bonds. The lowest BCUT2D eigenvalue weighted by Gasteiger charge is -2.49. The number of nitrogens with zero attached hydrogens (tertiary/aromatic N) is 6. The largest absolute Gasteiger partial charge is 0.477 e. The number of nitrogens with one attached hydrogen (secondary N) is 1. The van der Waals surface area contributed by atoms with Crippen LogP contribution < -0.4 is 4.72 Å². The molecular formula is C16H15N7O6S3. The van der Waals surface area contributed by atoms with Crippen LogP contribution in [0.3, 0.4) is 0 Å². The van der Waals surface area contributed by atoms with Crippen LogP contribution in [0, 0.1) is 10.1 Å². The highest BCUT2D eigenvalue weighted by atomic mass is 32.2. The summed E-state index contributed by atoms with van der Waals surface area (Å²) in [5.74, 6) is -1.19. The molecule has 1 fully saturated rings. The Morgan fingerprint density at radius 3 is 2.88 bits per heavy atom. The highest BCUT2D eigenvalue weighted by molar-refractivity contribution is 8.01. The molecule has 0 spiro atoms. The van der Waals surface area contributed by atoms with Gasteiger partial charge in [-0.3, -0.25) is 19.8 Å². The molecule has 0 saturated carbocycles. The highest BCUT2D eigenvalue weighted by Crippen LogP contribution is 2.41. The van der Waals surface area contributed by atoms with Gasteiger partial charge in [0.1, 0.15) is 33.0 Å². The number of aryl methyl sites for hydroxylation is 1. The predicted molar refractivity (Wildman–Crippen MR) is 114 cm³/mol. The molecule has 2 aliphatic rings. The van der Waals surface area contributed by atoms with Gasteiger partial charge < -0.3 is 5.11 Å². The second-order valence-corrected chi connectivity index (χ2v) is 9.89. The smallest absolute Gasteiger partial charge is 0.352 e. The molecule has 3 atom stereocenters. The second-order valence-electron chi connectivity index (χ2n) is 6.63. The van der Waals surface area contributed by atoms with E-state index in [-0.39, 0.29) is 22.0 Å². The summed E-state index contributed by atoms with van der Waals surface area (Å²) in [5, 5.41) is 31.9. The molecule has 1 unspecified atom stereocenters. The van der Waals surface area contributed by atoms with E-state index in [1.54, 1.807) is 7.05 Å². The van der Waals surface area contributed by atoms with Gasteiger partial charge in [-0.25, -0.2) is 18.4 Å².